The molecule has 2 aromatic carbocycles. The minimum Gasteiger partial charge on any atom is -0.327 e. The smallest absolute Gasteiger partial charge is 0.140 e. The molecule has 19 heavy (non-hydrogen) atoms. The van der Waals surface area contributed by atoms with Gasteiger partial charge in [0.2, 0.25) is 0 Å². The molecule has 0 atom stereocenters. The first-order valence-electron chi connectivity index (χ1n) is 5.81. The molecule has 3 aromatic rings. The van der Waals surface area contributed by atoms with Crippen molar-refractivity contribution in [3.63, 3.8) is 0 Å². The molecule has 0 amide bonds. The number of hydrogen-bond donors (Lipinski definition) is 0. The Morgan fingerprint density at radius 3 is 2.79 bits per heavy atom. The topological polar surface area (TPSA) is 41.6 Å². The number of halogens is 1. The average molecular weight is 268 g/mol. The third kappa shape index (κ3) is 1.96. The van der Waals surface area contributed by atoms with Gasteiger partial charge in [-0.2, -0.15) is 5.26 Å². The van der Waals surface area contributed by atoms with Gasteiger partial charge in [-0.1, -0.05) is 23.7 Å². The average Bonchev–Trinajstić information content (AvgIpc) is 2.75. The van der Waals surface area contributed by atoms with E-state index in [1.165, 1.54) is 0 Å². The lowest BCUT2D eigenvalue weighted by Gasteiger charge is -2.02. The maximum atomic E-state index is 8.92. The molecule has 0 aliphatic carbocycles. The van der Waals surface area contributed by atoms with Gasteiger partial charge in [0, 0.05) is 17.6 Å². The maximum Gasteiger partial charge on any atom is 0.140 e. The van der Waals surface area contributed by atoms with Crippen molar-refractivity contribution in [3.05, 3.63) is 53.1 Å². The molecule has 3 rings (SSSR count). The van der Waals surface area contributed by atoms with Crippen LogP contribution in [0.25, 0.3) is 22.4 Å². The third-order valence-corrected chi connectivity index (χ3v) is 3.33. The normalized spacial score (nSPS) is 10.6. The van der Waals surface area contributed by atoms with Crippen molar-refractivity contribution in [1.82, 2.24) is 9.55 Å². The zero-order valence-electron chi connectivity index (χ0n) is 10.3. The minimum atomic E-state index is 0.614. The van der Waals surface area contributed by atoms with Crippen molar-refractivity contribution in [2.75, 3.05) is 0 Å². The summed E-state index contributed by atoms with van der Waals surface area (Å²) in [6.45, 7) is 0. The van der Waals surface area contributed by atoms with Crippen LogP contribution in [-0.4, -0.2) is 9.55 Å². The highest BCUT2D eigenvalue weighted by Crippen LogP contribution is 2.26. The number of benzene rings is 2. The quantitative estimate of drug-likeness (QED) is 0.673. The lowest BCUT2D eigenvalue weighted by atomic mass is 10.2. The van der Waals surface area contributed by atoms with Crippen LogP contribution in [0, 0.1) is 11.3 Å². The van der Waals surface area contributed by atoms with Crippen LogP contribution in [0.2, 0.25) is 5.02 Å². The molecule has 1 heterocycles. The molecule has 3 nitrogen and oxygen atoms in total. The number of fused-ring (bicyclic) bond motifs is 1. The Morgan fingerprint density at radius 2 is 2.05 bits per heavy atom. The Bertz CT molecular complexity index is 812. The summed E-state index contributed by atoms with van der Waals surface area (Å²) < 4.78 is 2.00. The summed E-state index contributed by atoms with van der Waals surface area (Å²) in [5.74, 6) is 0.840. The van der Waals surface area contributed by atoms with Gasteiger partial charge in [-0.3, -0.25) is 0 Å². The van der Waals surface area contributed by atoms with Gasteiger partial charge < -0.3 is 4.57 Å². The number of aryl methyl sites for hydroxylation is 1. The molecule has 4 heteroatoms. The first-order chi connectivity index (χ1) is 9.19. The molecule has 1 aromatic heterocycles. The van der Waals surface area contributed by atoms with Gasteiger partial charge in [-0.05, 0) is 30.3 Å². The molecule has 0 unspecified atom stereocenters. The summed E-state index contributed by atoms with van der Waals surface area (Å²) in [4.78, 5) is 4.59. The number of imidazole rings is 1. The second kappa shape index (κ2) is 4.42. The largest absolute Gasteiger partial charge is 0.327 e. The lowest BCUT2D eigenvalue weighted by molar-refractivity contribution is 0.959. The Hall–Kier alpha value is -2.31. The number of nitriles is 1. The van der Waals surface area contributed by atoms with E-state index in [2.05, 4.69) is 11.1 Å². The van der Waals surface area contributed by atoms with E-state index in [4.69, 9.17) is 16.9 Å². The Balaban J connectivity index is 2.25. The van der Waals surface area contributed by atoms with Crippen molar-refractivity contribution in [1.29, 1.82) is 5.26 Å². The van der Waals surface area contributed by atoms with Gasteiger partial charge in [0.05, 0.1) is 22.7 Å². The van der Waals surface area contributed by atoms with Gasteiger partial charge in [0.1, 0.15) is 5.82 Å². The molecular weight excluding hydrogens is 258 g/mol. The molecule has 0 saturated carbocycles. The summed E-state index contributed by atoms with van der Waals surface area (Å²) >= 11 is 6.01. The number of hydrogen-bond acceptors (Lipinski definition) is 2. The molecule has 0 aliphatic heterocycles. The second-order valence-electron chi connectivity index (χ2n) is 4.32. The van der Waals surface area contributed by atoms with Crippen LogP contribution in [-0.2, 0) is 7.05 Å². The van der Waals surface area contributed by atoms with Crippen molar-refractivity contribution in [3.8, 4) is 17.5 Å². The van der Waals surface area contributed by atoms with Gasteiger partial charge in [0.15, 0.2) is 0 Å². The van der Waals surface area contributed by atoms with Crippen LogP contribution in [0.3, 0.4) is 0 Å². The zero-order valence-corrected chi connectivity index (χ0v) is 11.0. The predicted molar refractivity (Wildman–Crippen MR) is 75.9 cm³/mol. The molecule has 0 N–H and O–H groups in total. The fourth-order valence-electron chi connectivity index (χ4n) is 2.16. The third-order valence-electron chi connectivity index (χ3n) is 3.09. The van der Waals surface area contributed by atoms with E-state index >= 15 is 0 Å². The second-order valence-corrected chi connectivity index (χ2v) is 4.76. The molecule has 0 saturated heterocycles. The maximum absolute atomic E-state index is 8.92. The number of nitrogens with zero attached hydrogens (tertiary/aromatic N) is 3. The van der Waals surface area contributed by atoms with Gasteiger partial charge in [0.25, 0.3) is 0 Å². The molecule has 92 valence electrons. The predicted octanol–water partition coefficient (Wildman–Crippen LogP) is 3.77. The van der Waals surface area contributed by atoms with E-state index in [0.29, 0.717) is 10.6 Å². The van der Waals surface area contributed by atoms with E-state index in [1.54, 1.807) is 12.1 Å². The molecule has 0 radical (unpaired) electrons. The Morgan fingerprint density at radius 1 is 1.21 bits per heavy atom. The summed E-state index contributed by atoms with van der Waals surface area (Å²) in [5.41, 5.74) is 3.39. The monoisotopic (exact) mass is 267 g/mol. The van der Waals surface area contributed by atoms with E-state index in [9.17, 15) is 0 Å². The van der Waals surface area contributed by atoms with Crippen LogP contribution >= 0.6 is 11.6 Å². The number of aromatic nitrogens is 2. The van der Waals surface area contributed by atoms with Crippen LogP contribution < -0.4 is 0 Å². The standard InChI is InChI=1S/C15H10ClN3/c1-19-14-6-5-10(9-17)7-13(14)18-15(19)11-3-2-4-12(16)8-11/h2-8H,1H3. The zero-order chi connectivity index (χ0) is 13.4. The van der Waals surface area contributed by atoms with Crippen molar-refractivity contribution < 1.29 is 0 Å². The van der Waals surface area contributed by atoms with Crippen LogP contribution in [0.1, 0.15) is 5.56 Å². The first-order valence-corrected chi connectivity index (χ1v) is 6.19. The van der Waals surface area contributed by atoms with Gasteiger partial charge in [-0.15, -0.1) is 0 Å². The number of rotatable bonds is 1. The van der Waals surface area contributed by atoms with Crippen molar-refractivity contribution in [2.45, 2.75) is 0 Å². The fraction of sp³-hybridized carbons (Fsp3) is 0.0667. The summed E-state index contributed by atoms with van der Waals surface area (Å²) in [6.07, 6.45) is 0. The molecule has 0 fully saturated rings. The molecule has 0 spiro atoms. The SMILES string of the molecule is Cn1c(-c2cccc(Cl)c2)nc2cc(C#N)ccc21. The highest BCUT2D eigenvalue weighted by molar-refractivity contribution is 6.30. The van der Waals surface area contributed by atoms with Crippen molar-refractivity contribution >= 4 is 22.6 Å². The van der Waals surface area contributed by atoms with Gasteiger partial charge in [-0.25, -0.2) is 4.98 Å². The Kier molecular flexibility index (Phi) is 2.73. The van der Waals surface area contributed by atoms with E-state index in [1.807, 2.05) is 41.9 Å². The molecule has 0 aliphatic rings. The minimum absolute atomic E-state index is 0.614. The summed E-state index contributed by atoms with van der Waals surface area (Å²) in [5, 5.41) is 9.61. The van der Waals surface area contributed by atoms with Crippen molar-refractivity contribution in [2.24, 2.45) is 7.05 Å². The van der Waals surface area contributed by atoms with Crippen LogP contribution in [0.15, 0.2) is 42.5 Å². The lowest BCUT2D eigenvalue weighted by Crippen LogP contribution is -1.92. The highest BCUT2D eigenvalue weighted by Gasteiger charge is 2.10. The highest BCUT2D eigenvalue weighted by atomic mass is 35.5. The molecular formula is C15H10ClN3. The van der Waals surface area contributed by atoms with Gasteiger partial charge >= 0.3 is 0 Å². The van der Waals surface area contributed by atoms with Crippen LogP contribution in [0.4, 0.5) is 0 Å². The summed E-state index contributed by atoms with van der Waals surface area (Å²) in [6, 6.07) is 15.2. The van der Waals surface area contributed by atoms with Crippen LogP contribution in [0.5, 0.6) is 0 Å². The first kappa shape index (κ1) is 11.8. The fourth-order valence-corrected chi connectivity index (χ4v) is 2.35. The Labute approximate surface area is 115 Å². The molecule has 0 bridgehead atoms. The summed E-state index contributed by atoms with van der Waals surface area (Å²) in [7, 11) is 1.96. The van der Waals surface area contributed by atoms with E-state index < -0.39 is 0 Å². The van der Waals surface area contributed by atoms with E-state index in [0.717, 1.165) is 22.4 Å². The van der Waals surface area contributed by atoms with E-state index in [-0.39, 0.29) is 0 Å².